The molecule has 2 fully saturated rings. The molecule has 2 aliphatic rings. The van der Waals surface area contributed by atoms with Gasteiger partial charge in [0.15, 0.2) is 0 Å². The lowest BCUT2D eigenvalue weighted by atomic mass is 9.94. The van der Waals surface area contributed by atoms with Crippen molar-refractivity contribution in [3.05, 3.63) is 29.8 Å². The summed E-state index contributed by atoms with van der Waals surface area (Å²) in [5.41, 5.74) is 1.14. The summed E-state index contributed by atoms with van der Waals surface area (Å²) in [5.74, 6) is -1.84. The predicted octanol–water partition coefficient (Wildman–Crippen LogP) is 4.62. The van der Waals surface area contributed by atoms with Gasteiger partial charge in [-0.1, -0.05) is 36.7 Å². The average Bonchev–Trinajstić information content (AvgIpc) is 2.92. The number of piperidine rings is 1. The van der Waals surface area contributed by atoms with Crippen molar-refractivity contribution in [1.29, 1.82) is 0 Å². The molecule has 1 amide bonds. The molecule has 144 valence electrons. The Morgan fingerprint density at radius 1 is 1.00 bits per heavy atom. The Balaban J connectivity index is 1.45. The van der Waals surface area contributed by atoms with E-state index in [1.165, 1.54) is 12.8 Å². The van der Waals surface area contributed by atoms with Crippen molar-refractivity contribution in [1.82, 2.24) is 9.80 Å². The minimum absolute atomic E-state index is 0.175. The minimum atomic E-state index is -2.37. The highest BCUT2D eigenvalue weighted by Crippen LogP contribution is 2.26. The Hall–Kier alpha value is -1.14. The molecular formula is C20H28F2N2OS. The normalized spacial score (nSPS) is 20.3. The van der Waals surface area contributed by atoms with E-state index < -0.39 is 5.76 Å². The van der Waals surface area contributed by atoms with Gasteiger partial charge < -0.3 is 4.90 Å². The Morgan fingerprint density at radius 2 is 1.62 bits per heavy atom. The highest BCUT2D eigenvalue weighted by molar-refractivity contribution is 7.99. The van der Waals surface area contributed by atoms with E-state index in [1.807, 2.05) is 12.1 Å². The molecule has 0 spiro atoms. The summed E-state index contributed by atoms with van der Waals surface area (Å²) in [6.45, 7) is 4.55. The quantitative estimate of drug-likeness (QED) is 0.695. The molecule has 1 aromatic carbocycles. The van der Waals surface area contributed by atoms with Gasteiger partial charge in [0.2, 0.25) is 5.91 Å². The average molecular weight is 383 g/mol. The van der Waals surface area contributed by atoms with Gasteiger partial charge >= 0.3 is 0 Å². The summed E-state index contributed by atoms with van der Waals surface area (Å²) >= 11 is 0.583. The van der Waals surface area contributed by atoms with Crippen LogP contribution in [0.2, 0.25) is 0 Å². The molecular weight excluding hydrogens is 354 g/mol. The van der Waals surface area contributed by atoms with Gasteiger partial charge in [-0.25, -0.2) is 0 Å². The summed E-state index contributed by atoms with van der Waals surface area (Å²) in [4.78, 5) is 17.8. The third-order valence-electron chi connectivity index (χ3n) is 5.41. The molecule has 2 heterocycles. The number of thioether (sulfide) groups is 1. The molecule has 0 radical (unpaired) electrons. The third kappa shape index (κ3) is 5.68. The smallest absolute Gasteiger partial charge is 0.288 e. The van der Waals surface area contributed by atoms with Crippen LogP contribution in [0, 0.1) is 5.92 Å². The van der Waals surface area contributed by atoms with E-state index in [0.29, 0.717) is 22.6 Å². The van der Waals surface area contributed by atoms with Crippen LogP contribution in [0.25, 0.3) is 0 Å². The lowest BCUT2D eigenvalue weighted by molar-refractivity contribution is -0.137. The molecule has 0 atom stereocenters. The van der Waals surface area contributed by atoms with E-state index in [2.05, 4.69) is 9.80 Å². The monoisotopic (exact) mass is 382 g/mol. The van der Waals surface area contributed by atoms with Gasteiger partial charge in [-0.05, 0) is 56.5 Å². The fourth-order valence-electron chi connectivity index (χ4n) is 3.92. The van der Waals surface area contributed by atoms with Crippen molar-refractivity contribution in [2.45, 2.75) is 55.7 Å². The maximum atomic E-state index is 12.7. The van der Waals surface area contributed by atoms with E-state index in [1.54, 1.807) is 12.1 Å². The molecule has 0 saturated carbocycles. The second-order valence-corrected chi connectivity index (χ2v) is 8.38. The van der Waals surface area contributed by atoms with Gasteiger partial charge in [-0.3, -0.25) is 9.69 Å². The van der Waals surface area contributed by atoms with E-state index in [9.17, 15) is 13.6 Å². The molecule has 2 saturated heterocycles. The number of hydrogen-bond acceptors (Lipinski definition) is 3. The lowest BCUT2D eigenvalue weighted by Crippen LogP contribution is -2.42. The highest BCUT2D eigenvalue weighted by atomic mass is 32.2. The number of halogens is 2. The van der Waals surface area contributed by atoms with Crippen LogP contribution >= 0.6 is 11.8 Å². The van der Waals surface area contributed by atoms with Gasteiger partial charge in [0.1, 0.15) is 0 Å². The van der Waals surface area contributed by atoms with Crippen LogP contribution in [-0.2, 0) is 11.3 Å². The largest absolute Gasteiger partial charge is 0.342 e. The van der Waals surface area contributed by atoms with Crippen LogP contribution in [0.4, 0.5) is 8.78 Å². The lowest BCUT2D eigenvalue weighted by Gasteiger charge is -2.34. The summed E-state index contributed by atoms with van der Waals surface area (Å²) in [6.07, 6.45) is 6.63. The summed E-state index contributed by atoms with van der Waals surface area (Å²) in [5, 5.41) is 0. The van der Waals surface area contributed by atoms with Crippen molar-refractivity contribution < 1.29 is 13.6 Å². The minimum Gasteiger partial charge on any atom is -0.342 e. The molecule has 0 aliphatic carbocycles. The Morgan fingerprint density at radius 3 is 2.19 bits per heavy atom. The zero-order valence-electron chi connectivity index (χ0n) is 15.2. The highest BCUT2D eigenvalue weighted by Gasteiger charge is 2.28. The number of amides is 1. The van der Waals surface area contributed by atoms with Crippen LogP contribution in [0.5, 0.6) is 0 Å². The number of carbonyl (C=O) groups excluding carboxylic acids is 1. The number of benzene rings is 1. The Kier molecular flexibility index (Phi) is 7.32. The van der Waals surface area contributed by atoms with Gasteiger partial charge in [-0.2, -0.15) is 8.78 Å². The van der Waals surface area contributed by atoms with Gasteiger partial charge in [-0.15, -0.1) is 0 Å². The molecule has 3 nitrogen and oxygen atoms in total. The first kappa shape index (κ1) is 19.6. The second kappa shape index (κ2) is 9.70. The summed E-state index contributed by atoms with van der Waals surface area (Å²) in [6, 6.07) is 7.39. The van der Waals surface area contributed by atoms with E-state index in [-0.39, 0.29) is 5.92 Å². The second-order valence-electron chi connectivity index (χ2n) is 7.31. The Labute approximate surface area is 159 Å². The molecule has 2 aliphatic heterocycles. The molecule has 0 bridgehead atoms. The topological polar surface area (TPSA) is 23.6 Å². The summed E-state index contributed by atoms with van der Waals surface area (Å²) < 4.78 is 24.8. The first-order valence-corrected chi connectivity index (χ1v) is 10.5. The molecule has 0 unspecified atom stereocenters. The van der Waals surface area contributed by atoms with Crippen molar-refractivity contribution in [2.24, 2.45) is 5.92 Å². The number of hydrogen-bond donors (Lipinski definition) is 0. The molecule has 0 aromatic heterocycles. The molecule has 0 N–H and O–H groups in total. The van der Waals surface area contributed by atoms with Crippen LogP contribution in [0.1, 0.15) is 44.1 Å². The third-order valence-corrected chi connectivity index (χ3v) is 6.13. The van der Waals surface area contributed by atoms with Crippen molar-refractivity contribution in [3.63, 3.8) is 0 Å². The van der Waals surface area contributed by atoms with Crippen LogP contribution < -0.4 is 0 Å². The van der Waals surface area contributed by atoms with E-state index >= 15 is 0 Å². The van der Waals surface area contributed by atoms with Gasteiger partial charge in [0.25, 0.3) is 5.76 Å². The molecule has 26 heavy (non-hydrogen) atoms. The van der Waals surface area contributed by atoms with E-state index in [4.69, 9.17) is 0 Å². The maximum Gasteiger partial charge on any atom is 0.288 e. The number of nitrogens with zero attached hydrogens (tertiary/aromatic N) is 2. The number of likely N-dealkylation sites (tertiary alicyclic amines) is 2. The Bertz CT molecular complexity index is 566. The van der Waals surface area contributed by atoms with Crippen molar-refractivity contribution in [3.8, 4) is 0 Å². The van der Waals surface area contributed by atoms with Gasteiger partial charge in [0.05, 0.1) is 0 Å². The predicted molar refractivity (Wildman–Crippen MR) is 101 cm³/mol. The number of rotatable bonds is 5. The van der Waals surface area contributed by atoms with E-state index in [0.717, 1.165) is 64.0 Å². The van der Waals surface area contributed by atoms with Crippen LogP contribution in [-0.4, -0.2) is 47.6 Å². The summed E-state index contributed by atoms with van der Waals surface area (Å²) in [7, 11) is 0. The van der Waals surface area contributed by atoms with Gasteiger partial charge in [0, 0.05) is 30.4 Å². The fourth-order valence-corrected chi connectivity index (χ4v) is 4.42. The fraction of sp³-hybridized carbons (Fsp3) is 0.650. The first-order valence-electron chi connectivity index (χ1n) is 9.67. The SMILES string of the molecule is O=C(C1CCN(Cc2ccc(SC(F)F)cc2)CC1)N1CCCCCC1. The van der Waals surface area contributed by atoms with Crippen molar-refractivity contribution in [2.75, 3.05) is 26.2 Å². The number of alkyl halides is 2. The van der Waals surface area contributed by atoms with Crippen molar-refractivity contribution >= 4 is 17.7 Å². The molecule has 3 rings (SSSR count). The first-order chi connectivity index (χ1) is 12.6. The van der Waals surface area contributed by atoms with Crippen LogP contribution in [0.3, 0.4) is 0 Å². The standard InChI is InChI=1S/C20H28F2N2OS/c21-20(22)26-18-7-5-16(6-8-18)15-23-13-9-17(10-14-23)19(25)24-11-3-1-2-4-12-24/h5-8,17,20H,1-4,9-15H2. The maximum absolute atomic E-state index is 12.7. The molecule has 1 aromatic rings. The van der Waals surface area contributed by atoms with Crippen LogP contribution in [0.15, 0.2) is 29.2 Å². The number of carbonyl (C=O) groups is 1. The zero-order valence-corrected chi connectivity index (χ0v) is 16.0. The molecule has 6 heteroatoms. The zero-order chi connectivity index (χ0) is 18.4.